The Morgan fingerprint density at radius 1 is 1.20 bits per heavy atom. The van der Waals surface area contributed by atoms with E-state index in [-0.39, 0.29) is 22.3 Å². The summed E-state index contributed by atoms with van der Waals surface area (Å²) in [7, 11) is 2.75. The van der Waals surface area contributed by atoms with Gasteiger partial charge >= 0.3 is 11.7 Å². The van der Waals surface area contributed by atoms with E-state index in [1.807, 2.05) is 0 Å². The zero-order valence-electron chi connectivity index (χ0n) is 16.1. The van der Waals surface area contributed by atoms with Crippen LogP contribution in [-0.4, -0.2) is 32.7 Å². The van der Waals surface area contributed by atoms with Crippen molar-refractivity contribution in [3.05, 3.63) is 60.6 Å². The molecule has 0 saturated carbocycles. The maximum absolute atomic E-state index is 12.8. The van der Waals surface area contributed by atoms with E-state index >= 15 is 0 Å². The summed E-state index contributed by atoms with van der Waals surface area (Å²) in [4.78, 5) is 43.3. The molecule has 0 aliphatic rings. The minimum absolute atomic E-state index is 0.0372. The van der Waals surface area contributed by atoms with Crippen LogP contribution >= 0.6 is 22.9 Å². The maximum Gasteiger partial charge on any atom is 0.342 e. The van der Waals surface area contributed by atoms with Gasteiger partial charge in [0.05, 0.1) is 23.1 Å². The molecule has 4 rings (SSSR count). The molecule has 154 valence electrons. The lowest BCUT2D eigenvalue weighted by molar-refractivity contribution is 0.0597. The van der Waals surface area contributed by atoms with Crippen LogP contribution in [0, 0.1) is 6.92 Å². The van der Waals surface area contributed by atoms with Crippen molar-refractivity contribution in [2.24, 2.45) is 7.05 Å². The first-order valence-corrected chi connectivity index (χ1v) is 9.96. The molecule has 10 heteroatoms. The van der Waals surface area contributed by atoms with E-state index in [9.17, 15) is 19.5 Å². The molecule has 0 bridgehead atoms. The lowest BCUT2D eigenvalue weighted by Crippen LogP contribution is -2.28. The largest absolute Gasteiger partial charge is 0.505 e. The van der Waals surface area contributed by atoms with Gasteiger partial charge in [-0.1, -0.05) is 23.7 Å². The van der Waals surface area contributed by atoms with E-state index in [1.54, 1.807) is 31.2 Å². The highest BCUT2D eigenvalue weighted by atomic mass is 35.5. The van der Waals surface area contributed by atoms with Gasteiger partial charge < -0.3 is 14.8 Å². The predicted molar refractivity (Wildman–Crippen MR) is 116 cm³/mol. The van der Waals surface area contributed by atoms with Crippen LogP contribution < -0.4 is 11.2 Å². The molecule has 3 aromatic heterocycles. The van der Waals surface area contributed by atoms with Crippen LogP contribution in [0.5, 0.6) is 5.75 Å². The Labute approximate surface area is 178 Å². The molecule has 0 saturated heterocycles. The van der Waals surface area contributed by atoms with Crippen molar-refractivity contribution in [2.45, 2.75) is 6.92 Å². The molecule has 0 atom stereocenters. The molecule has 0 radical (unpaired) electrons. The van der Waals surface area contributed by atoms with Crippen LogP contribution in [0.3, 0.4) is 0 Å². The predicted octanol–water partition coefficient (Wildman–Crippen LogP) is 3.40. The van der Waals surface area contributed by atoms with Crippen LogP contribution in [0.15, 0.2) is 33.9 Å². The number of halogens is 1. The summed E-state index contributed by atoms with van der Waals surface area (Å²) in [5.74, 6) is -0.963. The van der Waals surface area contributed by atoms with Crippen molar-refractivity contribution < 1.29 is 14.6 Å². The van der Waals surface area contributed by atoms with Crippen LogP contribution in [0.4, 0.5) is 0 Å². The summed E-state index contributed by atoms with van der Waals surface area (Å²) < 4.78 is 6.05. The molecule has 0 fully saturated rings. The van der Waals surface area contributed by atoms with Crippen molar-refractivity contribution in [2.75, 3.05) is 7.11 Å². The summed E-state index contributed by atoms with van der Waals surface area (Å²) in [6.07, 6.45) is 0. The van der Waals surface area contributed by atoms with E-state index in [0.717, 1.165) is 11.3 Å². The van der Waals surface area contributed by atoms with Gasteiger partial charge in [-0.15, -0.1) is 11.3 Å². The smallest absolute Gasteiger partial charge is 0.342 e. The number of esters is 1. The van der Waals surface area contributed by atoms with Crippen LogP contribution in [0.1, 0.15) is 15.2 Å². The first kappa shape index (κ1) is 20.0. The van der Waals surface area contributed by atoms with Gasteiger partial charge in [0, 0.05) is 22.5 Å². The highest BCUT2D eigenvalue weighted by Gasteiger charge is 2.28. The molecular formula is C20H16ClN3O5S. The number of aromatic nitrogens is 3. The number of methoxy groups -OCH3 is 1. The molecule has 3 heterocycles. The van der Waals surface area contributed by atoms with Crippen LogP contribution in [-0.2, 0) is 11.8 Å². The number of carbonyl (C=O) groups is 1. The van der Waals surface area contributed by atoms with Gasteiger partial charge in [0.15, 0.2) is 0 Å². The summed E-state index contributed by atoms with van der Waals surface area (Å²) in [5.41, 5.74) is 0.701. The first-order chi connectivity index (χ1) is 14.2. The lowest BCUT2D eigenvalue weighted by Gasteiger charge is -2.05. The fourth-order valence-corrected chi connectivity index (χ4v) is 4.63. The number of thiophene rings is 1. The molecule has 8 nitrogen and oxygen atoms in total. The molecule has 0 unspecified atom stereocenters. The Hall–Kier alpha value is -3.30. The third-order valence-corrected chi connectivity index (χ3v) is 6.24. The van der Waals surface area contributed by atoms with Crippen LogP contribution in [0.2, 0.25) is 5.02 Å². The minimum atomic E-state index is -0.679. The Morgan fingerprint density at radius 3 is 2.50 bits per heavy atom. The molecule has 3 N–H and O–H groups in total. The van der Waals surface area contributed by atoms with Crippen molar-refractivity contribution in [1.82, 2.24) is 14.5 Å². The summed E-state index contributed by atoms with van der Waals surface area (Å²) >= 11 is 7.16. The van der Waals surface area contributed by atoms with Gasteiger partial charge in [-0.3, -0.25) is 14.3 Å². The second kappa shape index (κ2) is 7.19. The first-order valence-electron chi connectivity index (χ1n) is 8.76. The summed E-state index contributed by atoms with van der Waals surface area (Å²) in [6.45, 7) is 1.68. The third kappa shape index (κ3) is 2.94. The number of nitrogens with zero attached hydrogens (tertiary/aromatic N) is 1. The second-order valence-corrected chi connectivity index (χ2v) is 8.29. The number of benzene rings is 1. The molecule has 0 amide bonds. The van der Waals surface area contributed by atoms with Gasteiger partial charge in [0.2, 0.25) is 0 Å². The highest BCUT2D eigenvalue weighted by molar-refractivity contribution is 7.16. The average Bonchev–Trinajstić information content (AvgIpc) is 3.24. The second-order valence-electron chi connectivity index (χ2n) is 6.63. The quantitative estimate of drug-likeness (QED) is 0.418. The Kier molecular flexibility index (Phi) is 4.79. The Morgan fingerprint density at radius 2 is 1.87 bits per heavy atom. The molecule has 0 spiro atoms. The van der Waals surface area contributed by atoms with Crippen molar-refractivity contribution in [3.63, 3.8) is 0 Å². The highest BCUT2D eigenvalue weighted by Crippen LogP contribution is 2.47. The Balaban J connectivity index is 2.16. The van der Waals surface area contributed by atoms with E-state index in [2.05, 4.69) is 9.97 Å². The SMILES string of the molecule is COC(=O)c1c(C)sc(-c2c(-c3ccc(Cl)cc3)[nH]c3c2c(=O)[nH]c(=O)n3C)c1O. The monoisotopic (exact) mass is 445 g/mol. The van der Waals surface area contributed by atoms with Crippen molar-refractivity contribution in [3.8, 4) is 27.4 Å². The molecular weight excluding hydrogens is 430 g/mol. The number of rotatable bonds is 3. The number of hydrogen-bond acceptors (Lipinski definition) is 6. The number of ether oxygens (including phenoxy) is 1. The van der Waals surface area contributed by atoms with Crippen molar-refractivity contribution in [1.29, 1.82) is 0 Å². The molecule has 1 aromatic carbocycles. The minimum Gasteiger partial charge on any atom is -0.505 e. The van der Waals surface area contributed by atoms with Gasteiger partial charge in [0.25, 0.3) is 5.56 Å². The molecule has 0 aliphatic carbocycles. The van der Waals surface area contributed by atoms with E-state index in [1.165, 1.54) is 18.7 Å². The lowest BCUT2D eigenvalue weighted by atomic mass is 10.0. The number of aryl methyl sites for hydroxylation is 2. The van der Waals surface area contributed by atoms with Gasteiger partial charge in [-0.2, -0.15) is 0 Å². The zero-order chi connectivity index (χ0) is 21.7. The fraction of sp³-hybridized carbons (Fsp3) is 0.150. The topological polar surface area (TPSA) is 117 Å². The third-order valence-electron chi connectivity index (χ3n) is 4.88. The number of aromatic amines is 2. The molecule has 0 aliphatic heterocycles. The van der Waals surface area contributed by atoms with Gasteiger partial charge in [-0.25, -0.2) is 9.59 Å². The standard InChI is InChI=1S/C20H16ClN3O5S/c1-8-11(19(27)29-3)15(25)16(30-8)12-13-17(24(2)20(28)23-18(13)26)22-14(12)9-4-6-10(21)7-5-9/h4-7,22,25H,1-3H3,(H,23,26,28). The number of nitrogens with one attached hydrogen (secondary N) is 2. The maximum atomic E-state index is 12.8. The summed E-state index contributed by atoms with van der Waals surface area (Å²) in [6, 6.07) is 6.88. The van der Waals surface area contributed by atoms with Gasteiger partial charge in [0.1, 0.15) is 17.0 Å². The van der Waals surface area contributed by atoms with E-state index in [0.29, 0.717) is 31.6 Å². The number of fused-ring (bicyclic) bond motifs is 1. The molecule has 30 heavy (non-hydrogen) atoms. The average molecular weight is 446 g/mol. The van der Waals surface area contributed by atoms with Gasteiger partial charge in [-0.05, 0) is 24.6 Å². The van der Waals surface area contributed by atoms with Crippen LogP contribution in [0.25, 0.3) is 32.7 Å². The normalized spacial score (nSPS) is 11.2. The van der Waals surface area contributed by atoms with Crippen molar-refractivity contribution >= 4 is 39.9 Å². The summed E-state index contributed by atoms with van der Waals surface area (Å²) in [5, 5.41) is 11.6. The van der Waals surface area contributed by atoms with E-state index in [4.69, 9.17) is 16.3 Å². The number of aromatic hydroxyl groups is 1. The van der Waals surface area contributed by atoms with E-state index < -0.39 is 17.2 Å². The fourth-order valence-electron chi connectivity index (χ4n) is 3.41. The zero-order valence-corrected chi connectivity index (χ0v) is 17.7. The Bertz CT molecular complexity index is 1430. The number of carbonyl (C=O) groups excluding carboxylic acids is 1. The number of H-pyrrole nitrogens is 2. The molecule has 4 aromatic rings. The number of hydrogen-bond donors (Lipinski definition) is 3.